The van der Waals surface area contributed by atoms with Crippen molar-refractivity contribution >= 4 is 51.0 Å². The van der Waals surface area contributed by atoms with Gasteiger partial charge in [0.15, 0.2) is 0 Å². The van der Waals surface area contributed by atoms with Crippen molar-refractivity contribution in [1.29, 1.82) is 0 Å². The van der Waals surface area contributed by atoms with E-state index in [1.807, 2.05) is 17.5 Å². The van der Waals surface area contributed by atoms with Crippen LogP contribution in [-0.2, 0) is 0 Å². The van der Waals surface area contributed by atoms with Gasteiger partial charge in [0.25, 0.3) is 11.8 Å². The molecule has 26 heavy (non-hydrogen) atoms. The Bertz CT molecular complexity index is 920. The molecule has 2 amide bonds. The van der Waals surface area contributed by atoms with Crippen LogP contribution in [0.5, 0.6) is 0 Å². The largest absolute Gasteiger partial charge is 0.322 e. The van der Waals surface area contributed by atoms with E-state index in [9.17, 15) is 9.59 Å². The van der Waals surface area contributed by atoms with Crippen LogP contribution in [0.3, 0.4) is 0 Å². The molecule has 130 valence electrons. The number of halogens is 1. The topological polar surface area (TPSA) is 70.6 Å². The molecule has 3 rings (SSSR count). The number of hydrogen-bond donors (Lipinski definition) is 2. The Balaban J connectivity index is 1.58. The summed E-state index contributed by atoms with van der Waals surface area (Å²) >= 11 is 4.87. The summed E-state index contributed by atoms with van der Waals surface area (Å²) in [4.78, 5) is 25.2. The van der Waals surface area contributed by atoms with E-state index in [-0.39, 0.29) is 11.8 Å². The fraction of sp³-hybridized carbons (Fsp3) is 0. The lowest BCUT2D eigenvalue weighted by Gasteiger charge is -2.06. The molecule has 1 aromatic heterocycles. The van der Waals surface area contributed by atoms with Gasteiger partial charge in [0.2, 0.25) is 0 Å². The summed E-state index contributed by atoms with van der Waals surface area (Å²) in [5.41, 5.74) is 4.09. The van der Waals surface area contributed by atoms with Crippen LogP contribution >= 0.6 is 27.3 Å². The van der Waals surface area contributed by atoms with Crippen molar-refractivity contribution in [2.24, 2.45) is 5.10 Å². The molecule has 0 saturated carbocycles. The summed E-state index contributed by atoms with van der Waals surface area (Å²) in [7, 11) is 0. The number of rotatable bonds is 5. The quantitative estimate of drug-likeness (QED) is 0.463. The third-order valence-electron chi connectivity index (χ3n) is 3.41. The number of hydrazone groups is 1. The van der Waals surface area contributed by atoms with E-state index < -0.39 is 0 Å². The van der Waals surface area contributed by atoms with E-state index in [1.165, 1.54) is 11.3 Å². The van der Waals surface area contributed by atoms with Crippen LogP contribution in [0.15, 0.2) is 75.6 Å². The maximum Gasteiger partial charge on any atom is 0.271 e. The van der Waals surface area contributed by atoms with E-state index in [4.69, 9.17) is 0 Å². The first-order valence-electron chi connectivity index (χ1n) is 7.66. The van der Waals surface area contributed by atoms with Crippen LogP contribution in [0.1, 0.15) is 25.6 Å². The number of amides is 2. The lowest BCUT2D eigenvalue weighted by molar-refractivity contribution is 0.0954. The zero-order chi connectivity index (χ0) is 18.4. The fourth-order valence-electron chi connectivity index (χ4n) is 2.09. The molecular weight excluding hydrogens is 414 g/mol. The highest BCUT2D eigenvalue weighted by atomic mass is 79.9. The Morgan fingerprint density at radius 1 is 0.923 bits per heavy atom. The maximum atomic E-state index is 12.2. The smallest absolute Gasteiger partial charge is 0.271 e. The minimum absolute atomic E-state index is 0.213. The third-order valence-corrected chi connectivity index (χ3v) is 4.75. The van der Waals surface area contributed by atoms with Crippen molar-refractivity contribution in [3.63, 3.8) is 0 Å². The molecule has 0 spiro atoms. The van der Waals surface area contributed by atoms with E-state index in [1.54, 1.807) is 54.7 Å². The average molecular weight is 428 g/mol. The van der Waals surface area contributed by atoms with Crippen LogP contribution in [0, 0.1) is 0 Å². The number of anilines is 1. The summed E-state index contributed by atoms with van der Waals surface area (Å²) in [6.07, 6.45) is 1.59. The zero-order valence-corrected chi connectivity index (χ0v) is 15.9. The number of benzene rings is 2. The van der Waals surface area contributed by atoms with Crippen molar-refractivity contribution in [2.45, 2.75) is 0 Å². The van der Waals surface area contributed by atoms with Crippen LogP contribution in [-0.4, -0.2) is 18.0 Å². The van der Waals surface area contributed by atoms with Gasteiger partial charge in [-0.3, -0.25) is 9.59 Å². The molecule has 0 fully saturated rings. The molecule has 7 heteroatoms. The first kappa shape index (κ1) is 18.0. The number of nitrogens with one attached hydrogen (secondary N) is 2. The molecule has 0 unspecified atom stereocenters. The Hall–Kier alpha value is -2.77. The summed E-state index contributed by atoms with van der Waals surface area (Å²) in [6.45, 7) is 0. The van der Waals surface area contributed by atoms with Gasteiger partial charge in [0.05, 0.1) is 6.21 Å². The Morgan fingerprint density at radius 2 is 1.58 bits per heavy atom. The number of thiophene rings is 1. The third kappa shape index (κ3) is 4.87. The second-order valence-corrected chi connectivity index (χ2v) is 7.15. The molecule has 1 heterocycles. The standard InChI is InChI=1S/C19H14BrN3O2S/c20-15-7-3-13(4-8-15)18(24)22-16-9-5-14(6-10-16)19(25)23-21-12-17-2-1-11-26-17/h1-12H,(H,22,24)(H,23,25)/b21-12-. The van der Waals surface area contributed by atoms with Gasteiger partial charge < -0.3 is 5.32 Å². The molecule has 0 aliphatic carbocycles. The van der Waals surface area contributed by atoms with E-state index in [0.717, 1.165) is 9.35 Å². The number of carbonyl (C=O) groups excluding carboxylic acids is 2. The van der Waals surface area contributed by atoms with Gasteiger partial charge in [-0.1, -0.05) is 22.0 Å². The molecule has 0 aliphatic rings. The summed E-state index contributed by atoms with van der Waals surface area (Å²) in [5.74, 6) is -0.529. The van der Waals surface area contributed by atoms with Gasteiger partial charge in [0.1, 0.15) is 0 Å². The van der Waals surface area contributed by atoms with Crippen LogP contribution in [0.2, 0.25) is 0 Å². The summed E-state index contributed by atoms with van der Waals surface area (Å²) < 4.78 is 0.908. The lowest BCUT2D eigenvalue weighted by atomic mass is 10.1. The molecule has 0 bridgehead atoms. The minimum Gasteiger partial charge on any atom is -0.322 e. The number of carbonyl (C=O) groups is 2. The normalized spacial score (nSPS) is 10.7. The first-order chi connectivity index (χ1) is 12.6. The molecule has 0 atom stereocenters. The Kier molecular flexibility index (Phi) is 5.93. The van der Waals surface area contributed by atoms with Crippen molar-refractivity contribution < 1.29 is 9.59 Å². The van der Waals surface area contributed by atoms with E-state index >= 15 is 0 Å². The predicted molar refractivity (Wildman–Crippen MR) is 108 cm³/mol. The monoisotopic (exact) mass is 427 g/mol. The second kappa shape index (κ2) is 8.55. The first-order valence-corrected chi connectivity index (χ1v) is 9.33. The van der Waals surface area contributed by atoms with E-state index in [0.29, 0.717) is 16.8 Å². The van der Waals surface area contributed by atoms with Crippen LogP contribution in [0.25, 0.3) is 0 Å². The molecule has 0 saturated heterocycles. The molecule has 0 radical (unpaired) electrons. The Labute approximate surface area is 162 Å². The van der Waals surface area contributed by atoms with Gasteiger partial charge in [-0.05, 0) is 60.0 Å². The van der Waals surface area contributed by atoms with Gasteiger partial charge >= 0.3 is 0 Å². The van der Waals surface area contributed by atoms with Gasteiger partial charge in [-0.25, -0.2) is 5.43 Å². The van der Waals surface area contributed by atoms with Crippen molar-refractivity contribution in [2.75, 3.05) is 5.32 Å². The highest BCUT2D eigenvalue weighted by molar-refractivity contribution is 9.10. The molecule has 5 nitrogen and oxygen atoms in total. The predicted octanol–water partition coefficient (Wildman–Crippen LogP) is 4.53. The number of nitrogens with zero attached hydrogens (tertiary/aromatic N) is 1. The van der Waals surface area contributed by atoms with Crippen molar-refractivity contribution in [3.05, 3.63) is 86.5 Å². The average Bonchev–Trinajstić information content (AvgIpc) is 3.16. The molecule has 2 aromatic carbocycles. The molecular formula is C19H14BrN3O2S. The van der Waals surface area contributed by atoms with Crippen molar-refractivity contribution in [1.82, 2.24) is 5.43 Å². The SMILES string of the molecule is O=C(N/N=C\c1cccs1)c1ccc(NC(=O)c2ccc(Br)cc2)cc1. The molecule has 2 N–H and O–H groups in total. The lowest BCUT2D eigenvalue weighted by Crippen LogP contribution is -2.17. The maximum absolute atomic E-state index is 12.2. The summed E-state index contributed by atoms with van der Waals surface area (Å²) in [5, 5.41) is 8.65. The highest BCUT2D eigenvalue weighted by Crippen LogP contribution is 2.14. The zero-order valence-electron chi connectivity index (χ0n) is 13.5. The fourth-order valence-corrected chi connectivity index (χ4v) is 2.94. The highest BCUT2D eigenvalue weighted by Gasteiger charge is 2.08. The van der Waals surface area contributed by atoms with Crippen LogP contribution < -0.4 is 10.7 Å². The summed E-state index contributed by atoms with van der Waals surface area (Å²) in [6, 6.07) is 17.5. The Morgan fingerprint density at radius 3 is 2.23 bits per heavy atom. The van der Waals surface area contributed by atoms with E-state index in [2.05, 4.69) is 31.8 Å². The second-order valence-electron chi connectivity index (χ2n) is 5.25. The number of hydrogen-bond acceptors (Lipinski definition) is 4. The van der Waals surface area contributed by atoms with Gasteiger partial charge in [-0.15, -0.1) is 11.3 Å². The van der Waals surface area contributed by atoms with Crippen LogP contribution in [0.4, 0.5) is 5.69 Å². The molecule has 0 aliphatic heterocycles. The minimum atomic E-state index is -0.316. The van der Waals surface area contributed by atoms with Gasteiger partial charge in [-0.2, -0.15) is 5.10 Å². The molecule has 3 aromatic rings. The van der Waals surface area contributed by atoms with Crippen molar-refractivity contribution in [3.8, 4) is 0 Å². The van der Waals surface area contributed by atoms with Gasteiger partial charge in [0, 0.05) is 26.2 Å².